The summed E-state index contributed by atoms with van der Waals surface area (Å²) in [5.41, 5.74) is 1.33. The number of carbonyl (C=O) groups is 1. The van der Waals surface area contributed by atoms with E-state index < -0.39 is 0 Å². The Morgan fingerprint density at radius 2 is 2.26 bits per heavy atom. The van der Waals surface area contributed by atoms with E-state index in [1.54, 1.807) is 23.1 Å². The van der Waals surface area contributed by atoms with E-state index in [0.29, 0.717) is 0 Å². The number of fused-ring (bicyclic) bond motifs is 1. The SMILES string of the molecule is CC(Sc1cccs1)C(=O)N1CCc2sccc2C1. The van der Waals surface area contributed by atoms with Gasteiger partial charge in [-0.25, -0.2) is 0 Å². The number of rotatable bonds is 3. The lowest BCUT2D eigenvalue weighted by atomic mass is 10.1. The van der Waals surface area contributed by atoms with Crippen molar-refractivity contribution in [1.29, 1.82) is 0 Å². The zero-order valence-corrected chi connectivity index (χ0v) is 13.1. The first kappa shape index (κ1) is 13.2. The number of carbonyl (C=O) groups excluding carboxylic acids is 1. The van der Waals surface area contributed by atoms with Gasteiger partial charge in [0.1, 0.15) is 0 Å². The third-order valence-corrected chi connectivity index (χ3v) is 6.44. The standard InChI is InChI=1S/C14H15NOS3/c1-10(19-13-3-2-7-18-13)14(16)15-6-4-12-11(9-15)5-8-17-12/h2-3,5,7-8,10H,4,6,9H2,1H3. The van der Waals surface area contributed by atoms with E-state index in [1.165, 1.54) is 14.6 Å². The van der Waals surface area contributed by atoms with E-state index in [9.17, 15) is 4.79 Å². The minimum atomic E-state index is -0.00108. The first-order valence-corrected chi connectivity index (χ1v) is 8.92. The van der Waals surface area contributed by atoms with Gasteiger partial charge in [-0.1, -0.05) is 6.07 Å². The fraction of sp³-hybridized carbons (Fsp3) is 0.357. The van der Waals surface area contributed by atoms with Gasteiger partial charge < -0.3 is 4.90 Å². The molecule has 0 N–H and O–H groups in total. The maximum atomic E-state index is 12.5. The molecule has 0 aliphatic carbocycles. The smallest absolute Gasteiger partial charge is 0.236 e. The van der Waals surface area contributed by atoms with E-state index in [-0.39, 0.29) is 11.2 Å². The Labute approximate surface area is 125 Å². The summed E-state index contributed by atoms with van der Waals surface area (Å²) in [5, 5.41) is 4.18. The van der Waals surface area contributed by atoms with Crippen LogP contribution in [0.5, 0.6) is 0 Å². The molecule has 1 amide bonds. The third-order valence-electron chi connectivity index (χ3n) is 3.26. The van der Waals surface area contributed by atoms with Gasteiger partial charge in [0.2, 0.25) is 5.91 Å². The van der Waals surface area contributed by atoms with Crippen LogP contribution in [0, 0.1) is 0 Å². The molecule has 0 saturated heterocycles. The average Bonchev–Trinajstić information content (AvgIpc) is 3.07. The summed E-state index contributed by atoms with van der Waals surface area (Å²) in [4.78, 5) is 15.9. The predicted molar refractivity (Wildman–Crippen MR) is 83.1 cm³/mol. The highest BCUT2D eigenvalue weighted by Crippen LogP contribution is 2.30. The van der Waals surface area contributed by atoms with Gasteiger partial charge >= 0.3 is 0 Å². The number of nitrogens with zero attached hydrogens (tertiary/aromatic N) is 1. The zero-order chi connectivity index (χ0) is 13.2. The molecule has 2 nitrogen and oxygen atoms in total. The molecule has 0 spiro atoms. The van der Waals surface area contributed by atoms with E-state index >= 15 is 0 Å². The van der Waals surface area contributed by atoms with Crippen molar-refractivity contribution >= 4 is 40.3 Å². The number of thioether (sulfide) groups is 1. The predicted octanol–water partition coefficient (Wildman–Crippen LogP) is 3.88. The first-order chi connectivity index (χ1) is 9.24. The second-order valence-electron chi connectivity index (χ2n) is 4.57. The van der Waals surface area contributed by atoms with Crippen LogP contribution in [0.1, 0.15) is 17.4 Å². The molecular formula is C14H15NOS3. The van der Waals surface area contributed by atoms with Gasteiger partial charge in [0.25, 0.3) is 0 Å². The minimum Gasteiger partial charge on any atom is -0.337 e. The molecule has 5 heteroatoms. The summed E-state index contributed by atoms with van der Waals surface area (Å²) in [6.07, 6.45) is 1.01. The van der Waals surface area contributed by atoms with E-state index in [2.05, 4.69) is 22.9 Å². The molecule has 0 radical (unpaired) electrons. The Hall–Kier alpha value is -0.780. The normalized spacial score (nSPS) is 16.2. The van der Waals surface area contributed by atoms with E-state index in [1.807, 2.05) is 29.2 Å². The van der Waals surface area contributed by atoms with Crippen LogP contribution >= 0.6 is 34.4 Å². The minimum absolute atomic E-state index is 0.00108. The van der Waals surface area contributed by atoms with Crippen LogP contribution in [0.25, 0.3) is 0 Å². The van der Waals surface area contributed by atoms with Gasteiger partial charge in [0, 0.05) is 18.0 Å². The van der Waals surface area contributed by atoms with Crippen molar-refractivity contribution < 1.29 is 4.79 Å². The molecule has 1 aliphatic rings. The van der Waals surface area contributed by atoms with Gasteiger partial charge in [-0.05, 0) is 41.8 Å². The Morgan fingerprint density at radius 3 is 3.05 bits per heavy atom. The van der Waals surface area contributed by atoms with Crippen molar-refractivity contribution in [1.82, 2.24) is 4.90 Å². The van der Waals surface area contributed by atoms with Crippen molar-refractivity contribution in [2.75, 3.05) is 6.54 Å². The second kappa shape index (κ2) is 5.69. The average molecular weight is 309 g/mol. The Kier molecular flexibility index (Phi) is 3.96. The number of amides is 1. The third kappa shape index (κ3) is 2.88. The summed E-state index contributed by atoms with van der Waals surface area (Å²) < 4.78 is 1.22. The molecule has 0 bridgehead atoms. The van der Waals surface area contributed by atoms with Crippen LogP contribution in [-0.4, -0.2) is 22.6 Å². The van der Waals surface area contributed by atoms with Gasteiger partial charge in [-0.2, -0.15) is 0 Å². The molecule has 1 aliphatic heterocycles. The van der Waals surface area contributed by atoms with Crippen molar-refractivity contribution in [2.24, 2.45) is 0 Å². The molecule has 1 unspecified atom stereocenters. The van der Waals surface area contributed by atoms with Crippen molar-refractivity contribution in [3.8, 4) is 0 Å². The van der Waals surface area contributed by atoms with Crippen LogP contribution in [0.3, 0.4) is 0 Å². The van der Waals surface area contributed by atoms with E-state index in [0.717, 1.165) is 19.5 Å². The van der Waals surface area contributed by atoms with Crippen LogP contribution in [0.2, 0.25) is 0 Å². The molecule has 19 heavy (non-hydrogen) atoms. The highest BCUT2D eigenvalue weighted by molar-refractivity contribution is 8.02. The summed E-state index contributed by atoms with van der Waals surface area (Å²) in [6, 6.07) is 6.26. The molecule has 3 heterocycles. The van der Waals surface area contributed by atoms with Crippen LogP contribution < -0.4 is 0 Å². The van der Waals surface area contributed by atoms with Crippen molar-refractivity contribution in [2.45, 2.75) is 29.3 Å². The summed E-state index contributed by atoms with van der Waals surface area (Å²) in [5.74, 6) is 0.259. The van der Waals surface area contributed by atoms with Crippen molar-refractivity contribution in [3.63, 3.8) is 0 Å². The lowest BCUT2D eigenvalue weighted by Crippen LogP contribution is -2.39. The molecule has 0 aromatic carbocycles. The number of hydrogen-bond donors (Lipinski definition) is 0. The highest BCUT2D eigenvalue weighted by Gasteiger charge is 2.25. The molecular weight excluding hydrogens is 294 g/mol. The van der Waals surface area contributed by atoms with Gasteiger partial charge in [0.15, 0.2) is 0 Å². The summed E-state index contributed by atoms with van der Waals surface area (Å²) >= 11 is 5.17. The zero-order valence-electron chi connectivity index (χ0n) is 10.7. The fourth-order valence-electron chi connectivity index (χ4n) is 2.25. The monoisotopic (exact) mass is 309 g/mol. The number of hydrogen-bond acceptors (Lipinski definition) is 4. The van der Waals surface area contributed by atoms with Crippen LogP contribution in [0.4, 0.5) is 0 Å². The second-order valence-corrected chi connectivity index (χ2v) is 8.16. The lowest BCUT2D eigenvalue weighted by Gasteiger charge is -2.29. The summed E-state index contributed by atoms with van der Waals surface area (Å²) in [6.45, 7) is 3.66. The number of thiophene rings is 2. The van der Waals surface area contributed by atoms with E-state index in [4.69, 9.17) is 0 Å². The topological polar surface area (TPSA) is 20.3 Å². The van der Waals surface area contributed by atoms with Crippen molar-refractivity contribution in [3.05, 3.63) is 39.4 Å². The molecule has 2 aromatic heterocycles. The van der Waals surface area contributed by atoms with Crippen LogP contribution in [-0.2, 0) is 17.8 Å². The molecule has 100 valence electrons. The molecule has 1 atom stereocenters. The molecule has 0 fully saturated rings. The fourth-order valence-corrected chi connectivity index (χ4v) is 5.16. The van der Waals surface area contributed by atoms with Crippen LogP contribution in [0.15, 0.2) is 33.2 Å². The highest BCUT2D eigenvalue weighted by atomic mass is 32.2. The van der Waals surface area contributed by atoms with Gasteiger partial charge in [0.05, 0.1) is 9.46 Å². The molecule has 3 rings (SSSR count). The largest absolute Gasteiger partial charge is 0.337 e. The molecule has 2 aromatic rings. The summed E-state index contributed by atoms with van der Waals surface area (Å²) in [7, 11) is 0. The Bertz CT molecular complexity index is 561. The van der Waals surface area contributed by atoms with Gasteiger partial charge in [-0.3, -0.25) is 4.79 Å². The lowest BCUT2D eigenvalue weighted by molar-refractivity contribution is -0.131. The van der Waals surface area contributed by atoms with Gasteiger partial charge in [-0.15, -0.1) is 34.4 Å². The maximum Gasteiger partial charge on any atom is 0.236 e. The maximum absolute atomic E-state index is 12.5. The first-order valence-electron chi connectivity index (χ1n) is 6.28. The Morgan fingerprint density at radius 1 is 1.37 bits per heavy atom. The quantitative estimate of drug-likeness (QED) is 0.802. The Balaban J connectivity index is 1.65. The molecule has 0 saturated carbocycles.